The third-order valence-corrected chi connectivity index (χ3v) is 8.42. The van der Waals surface area contributed by atoms with E-state index < -0.39 is 38.2 Å². The summed E-state index contributed by atoms with van der Waals surface area (Å²) < 4.78 is 64.4. The summed E-state index contributed by atoms with van der Waals surface area (Å²) in [5, 5.41) is 0. The molecule has 0 fully saturated rings. The van der Waals surface area contributed by atoms with Crippen LogP contribution in [0.2, 0.25) is 0 Å². The van der Waals surface area contributed by atoms with Gasteiger partial charge in [-0.15, -0.1) is 0 Å². The van der Waals surface area contributed by atoms with E-state index in [1.165, 1.54) is 36.4 Å². The molecule has 0 aliphatic rings. The van der Waals surface area contributed by atoms with Crippen LogP contribution in [0.5, 0.6) is 0 Å². The molecule has 4 rings (SSSR count). The lowest BCUT2D eigenvalue weighted by atomic mass is 9.97. The van der Waals surface area contributed by atoms with Crippen LogP contribution in [0.3, 0.4) is 0 Å². The van der Waals surface area contributed by atoms with Crippen LogP contribution in [0.4, 0.5) is 0 Å². The molecule has 9 heteroatoms. The lowest BCUT2D eigenvalue weighted by Gasteiger charge is -2.26. The second-order valence-electron chi connectivity index (χ2n) is 8.71. The van der Waals surface area contributed by atoms with E-state index in [2.05, 4.69) is 0 Å². The zero-order valence-corrected chi connectivity index (χ0v) is 22.4. The van der Waals surface area contributed by atoms with Crippen LogP contribution in [0.15, 0.2) is 119 Å². The van der Waals surface area contributed by atoms with Gasteiger partial charge in [-0.25, -0.2) is 0 Å². The van der Waals surface area contributed by atoms with Crippen molar-refractivity contribution in [2.24, 2.45) is 0 Å². The Kier molecular flexibility index (Phi) is 8.23. The van der Waals surface area contributed by atoms with E-state index >= 15 is 0 Å². The van der Waals surface area contributed by atoms with Gasteiger partial charge in [0.05, 0.1) is 9.79 Å². The van der Waals surface area contributed by atoms with E-state index in [9.17, 15) is 21.6 Å². The molecule has 0 unspecified atom stereocenters. The lowest BCUT2D eigenvalue weighted by molar-refractivity contribution is 0.0460. The van der Waals surface area contributed by atoms with Crippen molar-refractivity contribution in [1.82, 2.24) is 0 Å². The summed E-state index contributed by atoms with van der Waals surface area (Å²) in [7, 11) is -8.94. The second-order valence-corrected chi connectivity index (χ2v) is 11.9. The Morgan fingerprint density at radius 3 is 1.47 bits per heavy atom. The molecule has 2 atom stereocenters. The third kappa shape index (κ3) is 6.43. The first-order chi connectivity index (χ1) is 18.1. The highest BCUT2D eigenvalue weighted by atomic mass is 32.2. The summed E-state index contributed by atoms with van der Waals surface area (Å²) in [5.74, 6) is -0.755. The highest BCUT2D eigenvalue weighted by molar-refractivity contribution is 7.87. The zero-order chi connectivity index (χ0) is 27.3. The predicted octanol–water partition coefficient (Wildman–Crippen LogP) is 5.41. The lowest BCUT2D eigenvalue weighted by Crippen LogP contribution is -2.36. The molecule has 0 bridgehead atoms. The Labute approximate surface area is 222 Å². The van der Waals surface area contributed by atoms with Crippen LogP contribution >= 0.6 is 0 Å². The van der Waals surface area contributed by atoms with Crippen molar-refractivity contribution in [2.45, 2.75) is 35.8 Å². The minimum atomic E-state index is -4.50. The van der Waals surface area contributed by atoms with Crippen molar-refractivity contribution in [3.8, 4) is 0 Å². The molecule has 0 amide bonds. The molecule has 4 aromatic rings. The summed E-state index contributed by atoms with van der Waals surface area (Å²) in [6.07, 6.45) is -3.47. The molecule has 38 heavy (non-hydrogen) atoms. The number of hydrogen-bond acceptors (Lipinski definition) is 7. The molecule has 196 valence electrons. The number of ketones is 1. The average Bonchev–Trinajstić information content (AvgIpc) is 2.92. The van der Waals surface area contributed by atoms with Gasteiger partial charge in [-0.1, -0.05) is 96.1 Å². The first-order valence-corrected chi connectivity index (χ1v) is 14.5. The number of hydrogen-bond donors (Lipinski definition) is 0. The summed E-state index contributed by atoms with van der Waals surface area (Å²) in [5.41, 5.74) is 2.05. The Hall–Kier alpha value is -3.63. The normalized spacial score (nSPS) is 13.5. The molecule has 0 aromatic heterocycles. The van der Waals surface area contributed by atoms with Gasteiger partial charge < -0.3 is 0 Å². The van der Waals surface area contributed by atoms with Gasteiger partial charge in [0.2, 0.25) is 0 Å². The number of carbonyl (C=O) groups is 1. The maximum atomic E-state index is 13.7. The van der Waals surface area contributed by atoms with Gasteiger partial charge in [0.25, 0.3) is 20.2 Å². The molecule has 0 aliphatic carbocycles. The first-order valence-electron chi connectivity index (χ1n) is 11.7. The van der Waals surface area contributed by atoms with Gasteiger partial charge >= 0.3 is 0 Å². The van der Waals surface area contributed by atoms with Gasteiger partial charge in [0, 0.05) is 5.56 Å². The van der Waals surface area contributed by atoms with E-state index in [-0.39, 0.29) is 20.9 Å². The average molecular weight is 551 g/mol. The topological polar surface area (TPSA) is 104 Å². The number of rotatable bonds is 10. The van der Waals surface area contributed by atoms with Crippen LogP contribution in [-0.4, -0.2) is 28.7 Å². The third-order valence-electron chi connectivity index (χ3n) is 5.80. The minimum Gasteiger partial charge on any atom is -0.291 e. The number of benzene rings is 4. The van der Waals surface area contributed by atoms with Gasteiger partial charge in [0.1, 0.15) is 6.10 Å². The molecule has 0 saturated heterocycles. The van der Waals surface area contributed by atoms with Crippen LogP contribution in [0, 0.1) is 13.8 Å². The molecular weight excluding hydrogens is 524 g/mol. The van der Waals surface area contributed by atoms with Crippen molar-refractivity contribution in [3.63, 3.8) is 0 Å². The summed E-state index contributed by atoms with van der Waals surface area (Å²) in [6, 6.07) is 27.8. The van der Waals surface area contributed by atoms with Gasteiger partial charge in [0.15, 0.2) is 11.9 Å². The van der Waals surface area contributed by atoms with E-state index in [0.717, 1.165) is 11.1 Å². The van der Waals surface area contributed by atoms with Crippen LogP contribution in [-0.2, 0) is 28.6 Å². The molecule has 4 aromatic carbocycles. The monoisotopic (exact) mass is 550 g/mol. The fourth-order valence-corrected chi connectivity index (χ4v) is 5.82. The summed E-state index contributed by atoms with van der Waals surface area (Å²) >= 11 is 0. The van der Waals surface area contributed by atoms with E-state index in [4.69, 9.17) is 8.37 Å². The Balaban J connectivity index is 1.83. The Bertz CT molecular complexity index is 1600. The largest absolute Gasteiger partial charge is 0.297 e. The van der Waals surface area contributed by atoms with Crippen molar-refractivity contribution in [2.75, 3.05) is 0 Å². The van der Waals surface area contributed by atoms with Crippen molar-refractivity contribution >= 4 is 26.0 Å². The molecule has 7 nitrogen and oxygen atoms in total. The highest BCUT2D eigenvalue weighted by Gasteiger charge is 2.40. The van der Waals surface area contributed by atoms with E-state index in [1.807, 2.05) is 6.92 Å². The summed E-state index contributed by atoms with van der Waals surface area (Å²) in [4.78, 5) is 13.4. The smallest absolute Gasteiger partial charge is 0.291 e. The predicted molar refractivity (Wildman–Crippen MR) is 143 cm³/mol. The quantitative estimate of drug-likeness (QED) is 0.192. The SMILES string of the molecule is Cc1ccc(S(=O)(=O)O[C@H](c2ccccc2)[C@@H](OS(=O)(=O)c2ccc(C)cc2)C(=O)c2ccccc2)cc1. The molecular formula is C29H26O7S2. The number of aryl methyl sites for hydroxylation is 2. The van der Waals surface area contributed by atoms with Crippen LogP contribution in [0.1, 0.15) is 33.2 Å². The Morgan fingerprint density at radius 2 is 1.00 bits per heavy atom. The maximum Gasteiger partial charge on any atom is 0.297 e. The molecule has 0 N–H and O–H groups in total. The van der Waals surface area contributed by atoms with Crippen LogP contribution in [0.25, 0.3) is 0 Å². The minimum absolute atomic E-state index is 0.133. The molecule has 0 aliphatic heterocycles. The van der Waals surface area contributed by atoms with Crippen molar-refractivity contribution in [3.05, 3.63) is 131 Å². The van der Waals surface area contributed by atoms with Gasteiger partial charge in [-0.05, 0) is 43.7 Å². The van der Waals surface area contributed by atoms with Crippen molar-refractivity contribution < 1.29 is 30.0 Å². The van der Waals surface area contributed by atoms with E-state index in [1.54, 1.807) is 79.7 Å². The zero-order valence-electron chi connectivity index (χ0n) is 20.7. The molecule has 0 spiro atoms. The van der Waals surface area contributed by atoms with Gasteiger partial charge in [-0.2, -0.15) is 16.8 Å². The Morgan fingerprint density at radius 1 is 0.579 bits per heavy atom. The number of Topliss-reactive ketones (excluding diaryl/α,β-unsaturated/α-hetero) is 1. The molecule has 0 radical (unpaired) electrons. The first kappa shape index (κ1) is 27.4. The molecule has 0 heterocycles. The summed E-state index contributed by atoms with van der Waals surface area (Å²) in [6.45, 7) is 3.61. The fourth-order valence-electron chi connectivity index (χ4n) is 3.72. The van der Waals surface area contributed by atoms with Gasteiger partial charge in [-0.3, -0.25) is 13.2 Å². The highest BCUT2D eigenvalue weighted by Crippen LogP contribution is 2.32. The maximum absolute atomic E-state index is 13.7. The number of carbonyl (C=O) groups excluding carboxylic acids is 1. The second kappa shape index (κ2) is 11.4. The molecule has 0 saturated carbocycles. The fraction of sp³-hybridized carbons (Fsp3) is 0.138. The van der Waals surface area contributed by atoms with Crippen molar-refractivity contribution in [1.29, 1.82) is 0 Å². The van der Waals surface area contributed by atoms with E-state index in [0.29, 0.717) is 0 Å². The van der Waals surface area contributed by atoms with Crippen LogP contribution < -0.4 is 0 Å². The standard InChI is InChI=1S/C29H26O7S2/c1-21-13-17-25(18-14-21)37(31,32)35-28(24-11-7-4-8-12-24)29(27(30)23-9-5-3-6-10-23)36-38(33,34)26-19-15-22(2)16-20-26/h3-20,28-29H,1-2H3/t28-,29+/m1/s1.